The van der Waals surface area contributed by atoms with Crippen molar-refractivity contribution in [3.8, 4) is 0 Å². The first-order valence-corrected chi connectivity index (χ1v) is 6.20. The van der Waals surface area contributed by atoms with Gasteiger partial charge >= 0.3 is 0 Å². The number of aliphatic hydroxyl groups excluding tert-OH is 1. The lowest BCUT2D eigenvalue weighted by atomic mass is 10.5. The predicted octanol–water partition coefficient (Wildman–Crippen LogP) is 2.17. The molecule has 0 radical (unpaired) electrons. The van der Waals surface area contributed by atoms with Crippen molar-refractivity contribution in [1.29, 1.82) is 0 Å². The number of aromatic nitrogens is 2. The molecule has 0 amide bonds. The zero-order chi connectivity index (χ0) is 9.80. The van der Waals surface area contributed by atoms with Crippen LogP contribution >= 0.6 is 23.1 Å². The lowest BCUT2D eigenvalue weighted by Crippen LogP contribution is -1.88. The summed E-state index contributed by atoms with van der Waals surface area (Å²) in [5.41, 5.74) is 1.01. The quantitative estimate of drug-likeness (QED) is 0.493. The minimum Gasteiger partial charge on any atom is -0.396 e. The molecule has 0 aliphatic carbocycles. The highest BCUT2D eigenvalue weighted by Crippen LogP contribution is 2.28. The monoisotopic (exact) mass is 226 g/mol. The topological polar surface area (TPSA) is 46.0 Å². The molecule has 2 rings (SSSR count). The molecule has 0 saturated carbocycles. The van der Waals surface area contributed by atoms with Crippen molar-refractivity contribution in [1.82, 2.24) is 9.97 Å². The van der Waals surface area contributed by atoms with E-state index in [2.05, 4.69) is 9.97 Å². The van der Waals surface area contributed by atoms with E-state index in [1.807, 2.05) is 11.4 Å². The molecule has 2 aromatic heterocycles. The molecule has 0 aromatic carbocycles. The Kier molecular flexibility index (Phi) is 3.34. The van der Waals surface area contributed by atoms with Crippen LogP contribution in [0.4, 0.5) is 0 Å². The van der Waals surface area contributed by atoms with Gasteiger partial charge in [-0.1, -0.05) is 0 Å². The fourth-order valence-electron chi connectivity index (χ4n) is 1.10. The first-order chi connectivity index (χ1) is 6.92. The predicted molar refractivity (Wildman–Crippen MR) is 59.8 cm³/mol. The zero-order valence-corrected chi connectivity index (χ0v) is 9.14. The van der Waals surface area contributed by atoms with Crippen LogP contribution in [0.5, 0.6) is 0 Å². The summed E-state index contributed by atoms with van der Waals surface area (Å²) < 4.78 is 1.15. The maximum atomic E-state index is 8.67. The number of hydrogen-bond acceptors (Lipinski definition) is 5. The van der Waals surface area contributed by atoms with Crippen LogP contribution in [-0.2, 0) is 0 Å². The summed E-state index contributed by atoms with van der Waals surface area (Å²) in [7, 11) is 0. The first-order valence-electron chi connectivity index (χ1n) is 4.33. The summed E-state index contributed by atoms with van der Waals surface area (Å²) in [5.74, 6) is 0.903. The molecule has 2 aromatic rings. The number of aliphatic hydroxyl groups is 1. The number of rotatable bonds is 4. The second kappa shape index (κ2) is 4.72. The third-order valence-electron chi connectivity index (χ3n) is 1.75. The van der Waals surface area contributed by atoms with Crippen molar-refractivity contribution in [2.45, 2.75) is 11.4 Å². The molecule has 5 heteroatoms. The molecule has 2 heterocycles. The van der Waals surface area contributed by atoms with Gasteiger partial charge in [0.25, 0.3) is 0 Å². The molecule has 14 heavy (non-hydrogen) atoms. The summed E-state index contributed by atoms with van der Waals surface area (Å²) in [5, 5.41) is 11.7. The van der Waals surface area contributed by atoms with Gasteiger partial charge in [0.05, 0.1) is 10.2 Å². The van der Waals surface area contributed by atoms with Gasteiger partial charge < -0.3 is 5.11 Å². The van der Waals surface area contributed by atoms with E-state index >= 15 is 0 Å². The van der Waals surface area contributed by atoms with Gasteiger partial charge in [0.1, 0.15) is 11.4 Å². The molecule has 0 aliphatic heterocycles. The molecule has 0 unspecified atom stereocenters. The van der Waals surface area contributed by atoms with E-state index in [0.717, 1.165) is 27.4 Å². The van der Waals surface area contributed by atoms with Gasteiger partial charge in [0, 0.05) is 12.4 Å². The molecular formula is C9H10N2OS2. The van der Waals surface area contributed by atoms with E-state index in [1.165, 1.54) is 0 Å². The third-order valence-corrected chi connectivity index (χ3v) is 3.87. The van der Waals surface area contributed by atoms with Gasteiger partial charge in [-0.2, -0.15) is 0 Å². The first kappa shape index (κ1) is 9.89. The van der Waals surface area contributed by atoms with Gasteiger partial charge in [-0.15, -0.1) is 23.1 Å². The molecule has 0 aliphatic rings. The Labute approximate surface area is 90.2 Å². The third kappa shape index (κ3) is 2.05. The van der Waals surface area contributed by atoms with Crippen LogP contribution in [0.1, 0.15) is 6.42 Å². The van der Waals surface area contributed by atoms with E-state index in [9.17, 15) is 0 Å². The lowest BCUT2D eigenvalue weighted by Gasteiger charge is -1.99. The fourth-order valence-corrected chi connectivity index (χ4v) is 2.98. The normalized spacial score (nSPS) is 10.9. The second-order valence-electron chi connectivity index (χ2n) is 2.74. The van der Waals surface area contributed by atoms with E-state index in [-0.39, 0.29) is 6.61 Å². The molecule has 0 fully saturated rings. The Hall–Kier alpha value is -0.650. The largest absolute Gasteiger partial charge is 0.396 e. The van der Waals surface area contributed by atoms with Crippen LogP contribution < -0.4 is 0 Å². The zero-order valence-electron chi connectivity index (χ0n) is 7.51. The molecule has 3 nitrogen and oxygen atoms in total. The van der Waals surface area contributed by atoms with Gasteiger partial charge in [-0.3, -0.25) is 0 Å². The summed E-state index contributed by atoms with van der Waals surface area (Å²) in [6.45, 7) is 0.242. The number of hydrogen-bond donors (Lipinski definition) is 1. The van der Waals surface area contributed by atoms with Crippen LogP contribution in [0.3, 0.4) is 0 Å². The van der Waals surface area contributed by atoms with Gasteiger partial charge in [0.2, 0.25) is 0 Å². The standard InChI is InChI=1S/C9H10N2OS2/c12-3-1-4-14-9-8-7(2-5-13-8)10-6-11-9/h2,5-6,12H,1,3-4H2. The Morgan fingerprint density at radius 1 is 1.43 bits per heavy atom. The molecule has 0 bridgehead atoms. The highest BCUT2D eigenvalue weighted by molar-refractivity contribution is 7.99. The maximum Gasteiger partial charge on any atom is 0.117 e. The van der Waals surface area contributed by atoms with Crippen molar-refractivity contribution in [2.24, 2.45) is 0 Å². The minimum absolute atomic E-state index is 0.242. The average molecular weight is 226 g/mol. The fraction of sp³-hybridized carbons (Fsp3) is 0.333. The molecular weight excluding hydrogens is 216 g/mol. The molecule has 0 saturated heterocycles. The number of thioether (sulfide) groups is 1. The highest BCUT2D eigenvalue weighted by atomic mass is 32.2. The van der Waals surface area contributed by atoms with Crippen molar-refractivity contribution in [3.63, 3.8) is 0 Å². The minimum atomic E-state index is 0.242. The SMILES string of the molecule is OCCCSc1ncnc2ccsc12. The number of fused-ring (bicyclic) bond motifs is 1. The van der Waals surface area contributed by atoms with Crippen molar-refractivity contribution in [3.05, 3.63) is 17.8 Å². The Morgan fingerprint density at radius 3 is 3.21 bits per heavy atom. The van der Waals surface area contributed by atoms with E-state index in [1.54, 1.807) is 29.4 Å². The summed E-state index contributed by atoms with van der Waals surface area (Å²) in [6, 6.07) is 2.00. The molecule has 1 N–H and O–H groups in total. The van der Waals surface area contributed by atoms with Crippen LogP contribution in [0, 0.1) is 0 Å². The van der Waals surface area contributed by atoms with Crippen LogP contribution in [-0.4, -0.2) is 27.4 Å². The average Bonchev–Trinajstić information content (AvgIpc) is 2.67. The Bertz CT molecular complexity index is 416. The second-order valence-corrected chi connectivity index (χ2v) is 4.74. The lowest BCUT2D eigenvalue weighted by molar-refractivity contribution is 0.296. The summed E-state index contributed by atoms with van der Waals surface area (Å²) >= 11 is 3.34. The number of thiophene rings is 1. The van der Waals surface area contributed by atoms with Crippen LogP contribution in [0.2, 0.25) is 0 Å². The summed E-state index contributed by atoms with van der Waals surface area (Å²) in [4.78, 5) is 8.40. The van der Waals surface area contributed by atoms with Crippen molar-refractivity contribution >= 4 is 33.3 Å². The number of nitrogens with zero attached hydrogens (tertiary/aromatic N) is 2. The van der Waals surface area contributed by atoms with E-state index in [0.29, 0.717) is 0 Å². The van der Waals surface area contributed by atoms with Gasteiger partial charge in [-0.05, 0) is 17.9 Å². The Balaban J connectivity index is 2.19. The van der Waals surface area contributed by atoms with Gasteiger partial charge in [-0.25, -0.2) is 9.97 Å². The van der Waals surface area contributed by atoms with Gasteiger partial charge in [0.15, 0.2) is 0 Å². The maximum absolute atomic E-state index is 8.67. The molecule has 74 valence electrons. The summed E-state index contributed by atoms with van der Waals surface area (Å²) in [6.07, 6.45) is 2.40. The molecule has 0 atom stereocenters. The smallest absolute Gasteiger partial charge is 0.117 e. The van der Waals surface area contributed by atoms with E-state index < -0.39 is 0 Å². The Morgan fingerprint density at radius 2 is 2.36 bits per heavy atom. The van der Waals surface area contributed by atoms with Crippen LogP contribution in [0.25, 0.3) is 10.2 Å². The molecule has 0 spiro atoms. The van der Waals surface area contributed by atoms with Crippen molar-refractivity contribution in [2.75, 3.05) is 12.4 Å². The van der Waals surface area contributed by atoms with E-state index in [4.69, 9.17) is 5.11 Å². The van der Waals surface area contributed by atoms with Crippen molar-refractivity contribution < 1.29 is 5.11 Å². The highest BCUT2D eigenvalue weighted by Gasteiger charge is 2.04. The van der Waals surface area contributed by atoms with Crippen LogP contribution in [0.15, 0.2) is 22.8 Å².